The third-order valence-electron chi connectivity index (χ3n) is 5.26. The smallest absolute Gasteiger partial charge is 0.289 e. The molecule has 1 aliphatic heterocycles. The molecule has 13 heteroatoms. The number of hydrogen-bond acceptors (Lipinski definition) is 9. The molecule has 0 unspecified atom stereocenters. The van der Waals surface area contributed by atoms with Gasteiger partial charge >= 0.3 is 0 Å². The molecule has 0 atom stereocenters. The van der Waals surface area contributed by atoms with Crippen molar-refractivity contribution in [3.05, 3.63) is 45.1 Å². The number of nitrogens with zero attached hydrogens (tertiary/aromatic N) is 3. The second-order valence-corrected chi connectivity index (χ2v) is 8.94. The number of pyridine rings is 1. The molecule has 0 aromatic carbocycles. The number of nitrogens with one attached hydrogen (secondary N) is 2. The van der Waals surface area contributed by atoms with Crippen LogP contribution in [-0.4, -0.2) is 85.8 Å². The van der Waals surface area contributed by atoms with Crippen LogP contribution in [0, 0.1) is 0 Å². The van der Waals surface area contributed by atoms with Crippen LogP contribution < -0.4 is 10.9 Å². The number of methoxy groups -OCH3 is 1. The Bertz CT molecular complexity index is 998. The molecule has 0 aliphatic carbocycles. The molecule has 1 fully saturated rings. The number of halogens is 1. The zero-order valence-electron chi connectivity index (χ0n) is 19.3. The highest BCUT2D eigenvalue weighted by Crippen LogP contribution is 2.30. The van der Waals surface area contributed by atoms with Crippen molar-refractivity contribution in [3.63, 3.8) is 0 Å². The van der Waals surface area contributed by atoms with Crippen molar-refractivity contribution in [2.75, 3.05) is 53.2 Å². The standard InChI is InChI=1S/C22H28ClN5O6S/c1-32-8-9-33-10-11-34-13-19(29)28-6-3-15(4-7-28)22-25-17(14-35-22)21(31)27-26-20(30)16-2-5-24-18(23)12-16/h2,5,12,14-15H,3-4,6-11,13H2,1H3,(H,26,30)(H,27,31). The van der Waals surface area contributed by atoms with E-state index in [0.29, 0.717) is 39.5 Å². The molecule has 0 bridgehead atoms. The van der Waals surface area contributed by atoms with Crippen molar-refractivity contribution in [3.8, 4) is 0 Å². The van der Waals surface area contributed by atoms with Gasteiger partial charge in [-0.3, -0.25) is 25.2 Å². The fourth-order valence-electron chi connectivity index (χ4n) is 3.36. The van der Waals surface area contributed by atoms with Crippen molar-refractivity contribution >= 4 is 40.7 Å². The number of thiazole rings is 1. The van der Waals surface area contributed by atoms with E-state index in [1.165, 1.54) is 29.7 Å². The lowest BCUT2D eigenvalue weighted by atomic mass is 9.97. The molecule has 1 saturated heterocycles. The Hall–Kier alpha value is -2.64. The topological polar surface area (TPSA) is 132 Å². The SMILES string of the molecule is COCCOCCOCC(=O)N1CCC(c2nc(C(=O)NNC(=O)c3ccnc(Cl)c3)cs2)CC1. The van der Waals surface area contributed by atoms with Crippen molar-refractivity contribution in [1.82, 2.24) is 25.7 Å². The van der Waals surface area contributed by atoms with Crippen LogP contribution in [0.5, 0.6) is 0 Å². The monoisotopic (exact) mass is 525 g/mol. The third kappa shape index (κ3) is 8.51. The highest BCUT2D eigenvalue weighted by Gasteiger charge is 2.26. The summed E-state index contributed by atoms with van der Waals surface area (Å²) < 4.78 is 15.6. The summed E-state index contributed by atoms with van der Waals surface area (Å²) in [6.45, 7) is 3.02. The Morgan fingerprint density at radius 3 is 2.57 bits per heavy atom. The lowest BCUT2D eigenvalue weighted by Gasteiger charge is -2.31. The minimum absolute atomic E-state index is 0.0251. The molecule has 0 saturated carbocycles. The van der Waals surface area contributed by atoms with Crippen LogP contribution in [0.2, 0.25) is 5.15 Å². The largest absolute Gasteiger partial charge is 0.382 e. The summed E-state index contributed by atoms with van der Waals surface area (Å²) in [7, 11) is 1.61. The Morgan fingerprint density at radius 2 is 1.83 bits per heavy atom. The second-order valence-electron chi connectivity index (χ2n) is 7.66. The number of amides is 3. The fraction of sp³-hybridized carbons (Fsp3) is 0.500. The van der Waals surface area contributed by atoms with E-state index >= 15 is 0 Å². The van der Waals surface area contributed by atoms with Gasteiger partial charge in [0, 0.05) is 43.3 Å². The van der Waals surface area contributed by atoms with Crippen molar-refractivity contribution in [2.45, 2.75) is 18.8 Å². The van der Waals surface area contributed by atoms with Gasteiger partial charge < -0.3 is 19.1 Å². The molecule has 35 heavy (non-hydrogen) atoms. The predicted octanol–water partition coefficient (Wildman–Crippen LogP) is 1.65. The average molecular weight is 526 g/mol. The highest BCUT2D eigenvalue weighted by atomic mass is 35.5. The van der Waals surface area contributed by atoms with Crippen LogP contribution in [0.4, 0.5) is 0 Å². The number of rotatable bonds is 11. The molecule has 0 radical (unpaired) electrons. The molecule has 3 heterocycles. The third-order valence-corrected chi connectivity index (χ3v) is 6.47. The normalized spacial score (nSPS) is 14.1. The lowest BCUT2D eigenvalue weighted by Crippen LogP contribution is -2.41. The maximum Gasteiger partial charge on any atom is 0.289 e. The molecular formula is C22H28ClN5O6S. The Morgan fingerprint density at radius 1 is 1.11 bits per heavy atom. The minimum Gasteiger partial charge on any atom is -0.382 e. The zero-order valence-corrected chi connectivity index (χ0v) is 20.9. The van der Waals surface area contributed by atoms with Gasteiger partial charge in [0.2, 0.25) is 5.91 Å². The van der Waals surface area contributed by atoms with E-state index in [2.05, 4.69) is 20.8 Å². The molecule has 0 spiro atoms. The van der Waals surface area contributed by atoms with Gasteiger partial charge in [-0.2, -0.15) is 0 Å². The van der Waals surface area contributed by atoms with E-state index in [1.807, 2.05) is 0 Å². The van der Waals surface area contributed by atoms with Crippen molar-refractivity contribution in [2.24, 2.45) is 0 Å². The number of ether oxygens (including phenoxy) is 3. The number of hydrazine groups is 1. The maximum absolute atomic E-state index is 12.4. The van der Waals surface area contributed by atoms with Gasteiger partial charge in [-0.25, -0.2) is 9.97 Å². The predicted molar refractivity (Wildman–Crippen MR) is 128 cm³/mol. The lowest BCUT2D eigenvalue weighted by molar-refractivity contribution is -0.137. The molecule has 1 aliphatic rings. The first kappa shape index (κ1) is 27.0. The number of piperidine rings is 1. The fourth-order valence-corrected chi connectivity index (χ4v) is 4.51. The Balaban J connectivity index is 1.37. The summed E-state index contributed by atoms with van der Waals surface area (Å²) in [6.07, 6.45) is 2.90. The van der Waals surface area contributed by atoms with Gasteiger partial charge in [-0.05, 0) is 25.0 Å². The first-order valence-corrected chi connectivity index (χ1v) is 12.3. The van der Waals surface area contributed by atoms with Gasteiger partial charge in [0.25, 0.3) is 11.8 Å². The van der Waals surface area contributed by atoms with Gasteiger partial charge in [0.15, 0.2) is 0 Å². The van der Waals surface area contributed by atoms with E-state index in [0.717, 1.165) is 17.8 Å². The van der Waals surface area contributed by atoms with Crippen molar-refractivity contribution in [1.29, 1.82) is 0 Å². The van der Waals surface area contributed by atoms with Gasteiger partial charge in [-0.15, -0.1) is 11.3 Å². The number of likely N-dealkylation sites (tertiary alicyclic amines) is 1. The summed E-state index contributed by atoms with van der Waals surface area (Å²) in [6, 6.07) is 2.88. The van der Waals surface area contributed by atoms with Crippen molar-refractivity contribution < 1.29 is 28.6 Å². The van der Waals surface area contributed by atoms with Crippen LogP contribution in [0.1, 0.15) is 44.6 Å². The van der Waals surface area contributed by atoms with Crippen LogP contribution in [0.3, 0.4) is 0 Å². The zero-order chi connectivity index (χ0) is 25.0. The average Bonchev–Trinajstić information content (AvgIpc) is 3.37. The van der Waals surface area contributed by atoms with Gasteiger partial charge in [-0.1, -0.05) is 11.6 Å². The molecule has 3 rings (SSSR count). The number of carbonyl (C=O) groups excluding carboxylic acids is 3. The molecule has 3 amide bonds. The summed E-state index contributed by atoms with van der Waals surface area (Å²) in [5.41, 5.74) is 5.18. The molecule has 190 valence electrons. The second kappa shape index (κ2) is 14.0. The van der Waals surface area contributed by atoms with Gasteiger partial charge in [0.1, 0.15) is 17.5 Å². The van der Waals surface area contributed by atoms with E-state index in [4.69, 9.17) is 25.8 Å². The molecule has 11 nitrogen and oxygen atoms in total. The number of aromatic nitrogens is 2. The quantitative estimate of drug-likeness (QED) is 0.257. The van der Waals surface area contributed by atoms with Gasteiger partial charge in [0.05, 0.1) is 31.4 Å². The first-order chi connectivity index (χ1) is 17.0. The molecular weight excluding hydrogens is 498 g/mol. The maximum atomic E-state index is 12.4. The molecule has 2 aromatic heterocycles. The summed E-state index contributed by atoms with van der Waals surface area (Å²) in [5.74, 6) is -0.922. The first-order valence-electron chi connectivity index (χ1n) is 11.1. The number of hydrogen-bond donors (Lipinski definition) is 2. The minimum atomic E-state index is -0.517. The van der Waals surface area contributed by atoms with E-state index < -0.39 is 11.8 Å². The Kier molecular flexibility index (Phi) is 10.8. The molecule has 2 aromatic rings. The van der Waals surface area contributed by atoms with E-state index in [-0.39, 0.29) is 34.8 Å². The summed E-state index contributed by atoms with van der Waals surface area (Å²) >= 11 is 7.17. The van der Waals surface area contributed by atoms with Crippen LogP contribution in [0.15, 0.2) is 23.7 Å². The highest BCUT2D eigenvalue weighted by molar-refractivity contribution is 7.09. The Labute approximate surface area is 212 Å². The van der Waals surface area contributed by atoms with E-state index in [1.54, 1.807) is 17.4 Å². The van der Waals surface area contributed by atoms with Crippen LogP contribution in [0.25, 0.3) is 0 Å². The number of carbonyl (C=O) groups is 3. The molecule has 2 N–H and O–H groups in total. The van der Waals surface area contributed by atoms with E-state index in [9.17, 15) is 14.4 Å². The van der Waals surface area contributed by atoms with Crippen LogP contribution in [-0.2, 0) is 19.0 Å². The van der Waals surface area contributed by atoms with Crippen LogP contribution >= 0.6 is 22.9 Å². The summed E-state index contributed by atoms with van der Waals surface area (Å²) in [4.78, 5) is 46.9. The summed E-state index contributed by atoms with van der Waals surface area (Å²) in [5, 5.41) is 2.66.